The Hall–Kier alpha value is -0.690. The number of hydrogen-bond acceptors (Lipinski definition) is 5. The number of aliphatic carboxylic acids is 1. The minimum Gasteiger partial charge on any atom is -0.479 e. The van der Waals surface area contributed by atoms with Crippen LogP contribution in [0.3, 0.4) is 0 Å². The fourth-order valence-corrected chi connectivity index (χ4v) is 1.57. The fourth-order valence-electron chi connectivity index (χ4n) is 1.57. The number of carboxylic acids is 1. The largest absolute Gasteiger partial charge is 0.479 e. The van der Waals surface area contributed by atoms with E-state index in [9.17, 15) is 9.90 Å². The van der Waals surface area contributed by atoms with Crippen LogP contribution in [0.4, 0.5) is 0 Å². The summed E-state index contributed by atoms with van der Waals surface area (Å²) in [4.78, 5) is 10.8. The predicted octanol–water partition coefficient (Wildman–Crippen LogP) is -0.0115. The Labute approximate surface area is 94.1 Å². The summed E-state index contributed by atoms with van der Waals surface area (Å²) in [7, 11) is 1.39. The highest BCUT2D eigenvalue weighted by Gasteiger charge is 2.48. The van der Waals surface area contributed by atoms with Gasteiger partial charge < -0.3 is 24.4 Å². The molecule has 94 valence electrons. The minimum absolute atomic E-state index is 0.452. The van der Waals surface area contributed by atoms with Gasteiger partial charge in [-0.3, -0.25) is 0 Å². The molecule has 2 N–H and O–H groups in total. The molecule has 1 aliphatic rings. The Morgan fingerprint density at radius 1 is 1.50 bits per heavy atom. The van der Waals surface area contributed by atoms with E-state index in [-0.39, 0.29) is 0 Å². The molecule has 0 aliphatic carbocycles. The summed E-state index contributed by atoms with van der Waals surface area (Å²) < 4.78 is 15.3. The second kappa shape index (κ2) is 6.15. The number of rotatable bonds is 6. The van der Waals surface area contributed by atoms with Gasteiger partial charge in [-0.2, -0.15) is 0 Å². The highest BCUT2D eigenvalue weighted by atomic mass is 16.7. The summed E-state index contributed by atoms with van der Waals surface area (Å²) in [5.74, 6) is -1.21. The van der Waals surface area contributed by atoms with E-state index < -0.39 is 30.6 Å². The highest BCUT2D eigenvalue weighted by Crippen LogP contribution is 2.24. The summed E-state index contributed by atoms with van der Waals surface area (Å²) in [5, 5.41) is 18.5. The average molecular weight is 234 g/mol. The van der Waals surface area contributed by atoms with Crippen molar-refractivity contribution in [3.63, 3.8) is 0 Å². The molecule has 16 heavy (non-hydrogen) atoms. The number of hydrogen-bond donors (Lipinski definition) is 2. The van der Waals surface area contributed by atoms with Gasteiger partial charge >= 0.3 is 5.97 Å². The van der Waals surface area contributed by atoms with Crippen molar-refractivity contribution >= 4 is 5.97 Å². The van der Waals surface area contributed by atoms with E-state index in [1.807, 2.05) is 6.92 Å². The molecule has 0 aromatic carbocycles. The first-order chi connectivity index (χ1) is 7.61. The molecule has 1 saturated heterocycles. The molecule has 0 unspecified atom stereocenters. The summed E-state index contributed by atoms with van der Waals surface area (Å²) in [5.41, 5.74) is 0. The monoisotopic (exact) mass is 234 g/mol. The third kappa shape index (κ3) is 2.91. The van der Waals surface area contributed by atoms with Crippen LogP contribution in [0.2, 0.25) is 0 Å². The van der Waals surface area contributed by atoms with Gasteiger partial charge in [-0.25, -0.2) is 4.79 Å². The second-order valence-corrected chi connectivity index (χ2v) is 3.68. The SMILES string of the molecule is CCCCO[C@H]1[C@@H](OC)O[C@H](C(=O)O)[C@H]1O. The van der Waals surface area contributed by atoms with E-state index in [1.54, 1.807) is 0 Å². The molecule has 0 aromatic rings. The topological polar surface area (TPSA) is 85.2 Å². The first-order valence-corrected chi connectivity index (χ1v) is 5.32. The van der Waals surface area contributed by atoms with Crippen LogP contribution in [0.15, 0.2) is 0 Å². The molecule has 1 rings (SSSR count). The van der Waals surface area contributed by atoms with E-state index in [2.05, 4.69) is 0 Å². The van der Waals surface area contributed by atoms with Gasteiger partial charge in [-0.05, 0) is 6.42 Å². The van der Waals surface area contributed by atoms with Crippen molar-refractivity contribution < 1.29 is 29.2 Å². The molecule has 1 aliphatic heterocycles. The van der Waals surface area contributed by atoms with E-state index in [1.165, 1.54) is 7.11 Å². The lowest BCUT2D eigenvalue weighted by Gasteiger charge is -2.19. The number of unbranched alkanes of at least 4 members (excludes halogenated alkanes) is 1. The van der Waals surface area contributed by atoms with Gasteiger partial charge in [0.25, 0.3) is 0 Å². The number of methoxy groups -OCH3 is 1. The molecular weight excluding hydrogens is 216 g/mol. The van der Waals surface area contributed by atoms with Gasteiger partial charge in [0.05, 0.1) is 0 Å². The van der Waals surface area contributed by atoms with Gasteiger partial charge in [-0.15, -0.1) is 0 Å². The summed E-state index contributed by atoms with van der Waals surface area (Å²) in [6, 6.07) is 0. The van der Waals surface area contributed by atoms with Crippen LogP contribution in [-0.4, -0.2) is 54.5 Å². The third-order valence-corrected chi connectivity index (χ3v) is 2.48. The number of ether oxygens (including phenoxy) is 3. The van der Waals surface area contributed by atoms with Crippen LogP contribution in [0.5, 0.6) is 0 Å². The molecule has 0 amide bonds. The second-order valence-electron chi connectivity index (χ2n) is 3.68. The van der Waals surface area contributed by atoms with Crippen molar-refractivity contribution in [1.82, 2.24) is 0 Å². The quantitative estimate of drug-likeness (QED) is 0.629. The van der Waals surface area contributed by atoms with Crippen LogP contribution in [0, 0.1) is 0 Å². The molecule has 6 heteroatoms. The number of carboxylic acid groups (broad SMARTS) is 1. The maximum atomic E-state index is 10.8. The maximum absolute atomic E-state index is 10.8. The molecule has 0 saturated carbocycles. The highest BCUT2D eigenvalue weighted by molar-refractivity contribution is 5.73. The zero-order valence-electron chi connectivity index (χ0n) is 9.46. The minimum atomic E-state index is -1.28. The van der Waals surface area contributed by atoms with E-state index in [0.717, 1.165) is 12.8 Å². The Morgan fingerprint density at radius 3 is 2.69 bits per heavy atom. The Bertz CT molecular complexity index is 231. The van der Waals surface area contributed by atoms with Crippen molar-refractivity contribution in [2.75, 3.05) is 13.7 Å². The Balaban J connectivity index is 2.55. The van der Waals surface area contributed by atoms with Crippen LogP contribution in [0.25, 0.3) is 0 Å². The first-order valence-electron chi connectivity index (χ1n) is 5.32. The van der Waals surface area contributed by atoms with Crippen LogP contribution < -0.4 is 0 Å². The molecule has 0 aromatic heterocycles. The van der Waals surface area contributed by atoms with E-state index in [0.29, 0.717) is 6.61 Å². The lowest BCUT2D eigenvalue weighted by molar-refractivity contribution is -0.176. The van der Waals surface area contributed by atoms with Crippen molar-refractivity contribution in [2.24, 2.45) is 0 Å². The molecular formula is C10H18O6. The average Bonchev–Trinajstić information content (AvgIpc) is 2.57. The third-order valence-electron chi connectivity index (χ3n) is 2.48. The smallest absolute Gasteiger partial charge is 0.335 e. The summed E-state index contributed by atoms with van der Waals surface area (Å²) in [6.07, 6.45) is -2.23. The Kier molecular flexibility index (Phi) is 5.14. The lowest BCUT2D eigenvalue weighted by atomic mass is 10.1. The normalized spacial score (nSPS) is 34.2. The molecule has 4 atom stereocenters. The maximum Gasteiger partial charge on any atom is 0.335 e. The lowest BCUT2D eigenvalue weighted by Crippen LogP contribution is -2.38. The molecule has 0 spiro atoms. The predicted molar refractivity (Wildman–Crippen MR) is 54.0 cm³/mol. The Morgan fingerprint density at radius 2 is 2.19 bits per heavy atom. The standard InChI is InChI=1S/C10H18O6/c1-3-4-5-15-8-6(11)7(9(12)13)16-10(8)14-2/h6-8,10-11H,3-5H2,1-2H3,(H,12,13)/t6-,7+,8-,10+/m1/s1. The fraction of sp³-hybridized carbons (Fsp3) is 0.900. The zero-order valence-corrected chi connectivity index (χ0v) is 9.46. The van der Waals surface area contributed by atoms with Crippen LogP contribution in [-0.2, 0) is 19.0 Å². The summed E-state index contributed by atoms with van der Waals surface area (Å²) >= 11 is 0. The van der Waals surface area contributed by atoms with Gasteiger partial charge in [0.1, 0.15) is 12.2 Å². The van der Waals surface area contributed by atoms with E-state index >= 15 is 0 Å². The number of carbonyl (C=O) groups is 1. The number of aliphatic hydroxyl groups excluding tert-OH is 1. The van der Waals surface area contributed by atoms with E-state index in [4.69, 9.17) is 19.3 Å². The van der Waals surface area contributed by atoms with Crippen molar-refractivity contribution in [3.8, 4) is 0 Å². The number of aliphatic hydroxyl groups is 1. The molecule has 1 fully saturated rings. The van der Waals surface area contributed by atoms with Gasteiger partial charge in [-0.1, -0.05) is 13.3 Å². The molecule has 6 nitrogen and oxygen atoms in total. The molecule has 0 bridgehead atoms. The van der Waals surface area contributed by atoms with Crippen molar-refractivity contribution in [1.29, 1.82) is 0 Å². The first kappa shape index (κ1) is 13.4. The van der Waals surface area contributed by atoms with Crippen LogP contribution in [0.1, 0.15) is 19.8 Å². The molecule has 0 radical (unpaired) electrons. The van der Waals surface area contributed by atoms with Crippen molar-refractivity contribution in [3.05, 3.63) is 0 Å². The molecule has 1 heterocycles. The van der Waals surface area contributed by atoms with Crippen LogP contribution >= 0.6 is 0 Å². The van der Waals surface area contributed by atoms with Gasteiger partial charge in [0.15, 0.2) is 12.4 Å². The van der Waals surface area contributed by atoms with Gasteiger partial charge in [0, 0.05) is 13.7 Å². The van der Waals surface area contributed by atoms with Crippen molar-refractivity contribution in [2.45, 2.75) is 44.4 Å². The summed E-state index contributed by atoms with van der Waals surface area (Å²) in [6.45, 7) is 2.46. The van der Waals surface area contributed by atoms with Gasteiger partial charge in [0.2, 0.25) is 0 Å². The zero-order chi connectivity index (χ0) is 12.1.